The fraction of sp³-hybridized carbons (Fsp3) is 0.368. The zero-order valence-corrected chi connectivity index (χ0v) is 16.8. The Hall–Kier alpha value is -1.20. The Labute approximate surface area is 171 Å². The van der Waals surface area contributed by atoms with E-state index in [-0.39, 0.29) is 30.6 Å². The van der Waals surface area contributed by atoms with Crippen LogP contribution in [0.4, 0.5) is 10.1 Å². The van der Waals surface area contributed by atoms with E-state index in [1.54, 1.807) is 12.1 Å². The zero-order valence-electron chi connectivity index (χ0n) is 14.4. The first-order chi connectivity index (χ1) is 11.7. The third kappa shape index (κ3) is 7.20. The number of nitrogens with one attached hydrogen (secondary N) is 1. The van der Waals surface area contributed by atoms with E-state index in [2.05, 4.69) is 10.2 Å². The molecule has 1 saturated heterocycles. The molecule has 3 nitrogen and oxygen atoms in total. The molecule has 0 atom stereocenters. The van der Waals surface area contributed by atoms with E-state index in [9.17, 15) is 4.39 Å². The first kappa shape index (κ1) is 22.8. The maximum absolute atomic E-state index is 12.8. The van der Waals surface area contributed by atoms with Crippen LogP contribution in [0.5, 0.6) is 5.75 Å². The molecular weight excluding hydrogens is 398 g/mol. The van der Waals surface area contributed by atoms with Crippen LogP contribution in [0.15, 0.2) is 48.5 Å². The third-order valence-electron chi connectivity index (χ3n) is 4.29. The third-order valence-corrected chi connectivity index (χ3v) is 4.54. The average molecular weight is 422 g/mol. The summed E-state index contributed by atoms with van der Waals surface area (Å²) in [6.07, 6.45) is 2.22. The summed E-state index contributed by atoms with van der Waals surface area (Å²) in [5.41, 5.74) is 1.12. The van der Waals surface area contributed by atoms with E-state index >= 15 is 0 Å². The lowest BCUT2D eigenvalue weighted by atomic mass is 10.0. The number of likely N-dealkylation sites (tertiary alicyclic amines) is 1. The van der Waals surface area contributed by atoms with Gasteiger partial charge < -0.3 is 10.1 Å². The SMILES string of the molecule is Cl.Cl.Fc1ccc(OCCN2CCC(Nc3ccc(Cl)cc3)CC2)cc1. The van der Waals surface area contributed by atoms with Crippen molar-refractivity contribution in [3.63, 3.8) is 0 Å². The Morgan fingerprint density at radius 3 is 2.23 bits per heavy atom. The predicted octanol–water partition coefficient (Wildman–Crippen LogP) is 5.28. The second kappa shape index (κ2) is 11.5. The van der Waals surface area contributed by atoms with E-state index in [4.69, 9.17) is 16.3 Å². The molecule has 7 heteroatoms. The fourth-order valence-corrected chi connectivity index (χ4v) is 3.03. The van der Waals surface area contributed by atoms with Gasteiger partial charge in [-0.3, -0.25) is 4.90 Å². The summed E-state index contributed by atoms with van der Waals surface area (Å²) in [7, 11) is 0. The van der Waals surface area contributed by atoms with Gasteiger partial charge in [-0.05, 0) is 61.4 Å². The Bertz CT molecular complexity index is 632. The number of hydrogen-bond donors (Lipinski definition) is 1. The van der Waals surface area contributed by atoms with Crippen molar-refractivity contribution in [1.82, 2.24) is 4.90 Å². The molecule has 26 heavy (non-hydrogen) atoms. The molecule has 0 aliphatic carbocycles. The first-order valence-electron chi connectivity index (χ1n) is 8.32. The molecule has 1 heterocycles. The van der Waals surface area contributed by atoms with Crippen LogP contribution in [0.1, 0.15) is 12.8 Å². The van der Waals surface area contributed by atoms with Crippen LogP contribution in [0.2, 0.25) is 5.02 Å². The monoisotopic (exact) mass is 420 g/mol. The summed E-state index contributed by atoms with van der Waals surface area (Å²) >= 11 is 5.91. The number of piperidine rings is 1. The van der Waals surface area contributed by atoms with Crippen LogP contribution in [0.25, 0.3) is 0 Å². The van der Waals surface area contributed by atoms with Gasteiger partial charge >= 0.3 is 0 Å². The molecule has 0 unspecified atom stereocenters. The zero-order chi connectivity index (χ0) is 16.8. The Morgan fingerprint density at radius 1 is 1.00 bits per heavy atom. The van der Waals surface area contributed by atoms with Gasteiger partial charge in [-0.2, -0.15) is 0 Å². The van der Waals surface area contributed by atoms with Gasteiger partial charge in [-0.25, -0.2) is 4.39 Å². The molecule has 0 bridgehead atoms. The number of ether oxygens (including phenoxy) is 1. The van der Waals surface area contributed by atoms with Crippen LogP contribution < -0.4 is 10.1 Å². The normalized spacial score (nSPS) is 14.8. The summed E-state index contributed by atoms with van der Waals surface area (Å²) < 4.78 is 18.5. The molecule has 0 amide bonds. The van der Waals surface area contributed by atoms with Crippen molar-refractivity contribution in [2.24, 2.45) is 0 Å². The second-order valence-corrected chi connectivity index (χ2v) is 6.51. The molecule has 1 aliphatic heterocycles. The summed E-state index contributed by atoms with van der Waals surface area (Å²) in [6.45, 7) is 3.63. The van der Waals surface area contributed by atoms with Crippen molar-refractivity contribution in [1.29, 1.82) is 0 Å². The van der Waals surface area contributed by atoms with Crippen molar-refractivity contribution in [3.8, 4) is 5.75 Å². The smallest absolute Gasteiger partial charge is 0.123 e. The second-order valence-electron chi connectivity index (χ2n) is 6.07. The van der Waals surface area contributed by atoms with Crippen molar-refractivity contribution >= 4 is 42.1 Å². The van der Waals surface area contributed by atoms with Gasteiger partial charge in [0.15, 0.2) is 0 Å². The van der Waals surface area contributed by atoms with E-state index in [1.807, 2.05) is 24.3 Å². The topological polar surface area (TPSA) is 24.5 Å². The number of nitrogens with zero attached hydrogens (tertiary/aromatic N) is 1. The molecule has 2 aromatic rings. The van der Waals surface area contributed by atoms with Gasteiger partial charge in [0.05, 0.1) is 0 Å². The Kier molecular flexibility index (Phi) is 10.1. The van der Waals surface area contributed by atoms with Crippen molar-refractivity contribution in [2.75, 3.05) is 31.6 Å². The maximum Gasteiger partial charge on any atom is 0.123 e. The van der Waals surface area contributed by atoms with Gasteiger partial charge in [0.2, 0.25) is 0 Å². The largest absolute Gasteiger partial charge is 0.492 e. The highest BCUT2D eigenvalue weighted by Crippen LogP contribution is 2.19. The molecule has 1 fully saturated rings. The van der Waals surface area contributed by atoms with Crippen molar-refractivity contribution in [3.05, 3.63) is 59.4 Å². The van der Waals surface area contributed by atoms with Crippen LogP contribution in [-0.4, -0.2) is 37.2 Å². The number of benzene rings is 2. The summed E-state index contributed by atoms with van der Waals surface area (Å²) in [4.78, 5) is 2.41. The van der Waals surface area contributed by atoms with E-state index < -0.39 is 0 Å². The molecule has 0 aromatic heterocycles. The summed E-state index contributed by atoms with van der Waals surface area (Å²) in [6, 6.07) is 14.5. The molecule has 1 aliphatic rings. The molecule has 2 aromatic carbocycles. The van der Waals surface area contributed by atoms with E-state index in [1.165, 1.54) is 12.1 Å². The quantitative estimate of drug-likeness (QED) is 0.687. The maximum atomic E-state index is 12.8. The highest BCUT2D eigenvalue weighted by atomic mass is 35.5. The van der Waals surface area contributed by atoms with Crippen molar-refractivity contribution in [2.45, 2.75) is 18.9 Å². The molecule has 1 N–H and O–H groups in total. The number of hydrogen-bond acceptors (Lipinski definition) is 3. The van der Waals surface area contributed by atoms with E-state index in [0.29, 0.717) is 12.6 Å². The van der Waals surface area contributed by atoms with Gasteiger partial charge in [-0.1, -0.05) is 11.6 Å². The number of rotatable bonds is 6. The fourth-order valence-electron chi connectivity index (χ4n) is 2.91. The van der Waals surface area contributed by atoms with Gasteiger partial charge in [0.25, 0.3) is 0 Å². The molecule has 0 spiro atoms. The highest BCUT2D eigenvalue weighted by Gasteiger charge is 2.18. The molecule has 0 saturated carbocycles. The molecule has 3 rings (SSSR count). The predicted molar refractivity (Wildman–Crippen MR) is 111 cm³/mol. The summed E-state index contributed by atoms with van der Waals surface area (Å²) in [5.74, 6) is 0.480. The van der Waals surface area contributed by atoms with Crippen LogP contribution in [0, 0.1) is 5.82 Å². The van der Waals surface area contributed by atoms with Crippen LogP contribution in [-0.2, 0) is 0 Å². The summed E-state index contributed by atoms with van der Waals surface area (Å²) in [5, 5.41) is 4.32. The minimum atomic E-state index is -0.238. The van der Waals surface area contributed by atoms with Crippen LogP contribution >= 0.6 is 36.4 Å². The lowest BCUT2D eigenvalue weighted by molar-refractivity contribution is 0.177. The molecule has 144 valence electrons. The van der Waals surface area contributed by atoms with Crippen molar-refractivity contribution < 1.29 is 9.13 Å². The first-order valence-corrected chi connectivity index (χ1v) is 8.70. The molecule has 0 radical (unpaired) electrons. The van der Waals surface area contributed by atoms with Crippen LogP contribution in [0.3, 0.4) is 0 Å². The number of anilines is 1. The van der Waals surface area contributed by atoms with Gasteiger partial charge in [0.1, 0.15) is 18.2 Å². The lowest BCUT2D eigenvalue weighted by Gasteiger charge is -2.32. The Balaban J connectivity index is 0.00000169. The Morgan fingerprint density at radius 2 is 1.62 bits per heavy atom. The minimum absolute atomic E-state index is 0. The lowest BCUT2D eigenvalue weighted by Crippen LogP contribution is -2.40. The minimum Gasteiger partial charge on any atom is -0.492 e. The highest BCUT2D eigenvalue weighted by molar-refractivity contribution is 6.30. The van der Waals surface area contributed by atoms with E-state index in [0.717, 1.165) is 48.9 Å². The average Bonchev–Trinajstić information content (AvgIpc) is 2.60. The molecular formula is C19H24Cl3FN2O. The van der Waals surface area contributed by atoms with Gasteiger partial charge in [-0.15, -0.1) is 24.8 Å². The standard InChI is InChI=1S/C19H22ClFN2O.2ClH/c20-15-1-5-17(6-2-15)22-18-9-11-23(12-10-18)13-14-24-19-7-3-16(21)4-8-19;;/h1-8,18,22H,9-14H2;2*1H. The number of halogens is 4. The van der Waals surface area contributed by atoms with Gasteiger partial charge in [0, 0.05) is 36.4 Å².